The lowest BCUT2D eigenvalue weighted by atomic mass is 10.3. The van der Waals surface area contributed by atoms with Crippen molar-refractivity contribution in [3.8, 4) is 10.6 Å². The minimum absolute atomic E-state index is 0.310. The number of anilines is 3. The summed E-state index contributed by atoms with van der Waals surface area (Å²) in [5.41, 5.74) is 3.16. The zero-order chi connectivity index (χ0) is 19.5. The lowest BCUT2D eigenvalue weighted by Gasteiger charge is -2.33. The van der Waals surface area contributed by atoms with E-state index in [2.05, 4.69) is 20.3 Å². The fourth-order valence-electron chi connectivity index (χ4n) is 2.89. The fraction of sp³-hybridized carbons (Fsp3) is 0.222. The van der Waals surface area contributed by atoms with Crippen molar-refractivity contribution >= 4 is 34.9 Å². The van der Waals surface area contributed by atoms with E-state index in [1.807, 2.05) is 11.0 Å². The molecule has 4 rings (SSSR count). The zero-order valence-corrected chi connectivity index (χ0v) is 15.6. The molecule has 2 N–H and O–H groups in total. The highest BCUT2D eigenvalue weighted by molar-refractivity contribution is 7.13. The third-order valence-electron chi connectivity index (χ3n) is 4.35. The zero-order valence-electron chi connectivity index (χ0n) is 14.7. The van der Waals surface area contributed by atoms with Crippen molar-refractivity contribution in [2.45, 2.75) is 0 Å². The van der Waals surface area contributed by atoms with Crippen LogP contribution in [-0.2, 0) is 0 Å². The van der Waals surface area contributed by atoms with Crippen LogP contribution in [0.15, 0.2) is 42.0 Å². The van der Waals surface area contributed by atoms with Gasteiger partial charge in [0.25, 0.3) is 0 Å². The molecule has 1 aliphatic heterocycles. The van der Waals surface area contributed by atoms with Gasteiger partial charge in [0.2, 0.25) is 5.95 Å². The summed E-state index contributed by atoms with van der Waals surface area (Å²) >= 11 is 1.47. The first-order chi connectivity index (χ1) is 13.6. The van der Waals surface area contributed by atoms with Crippen LogP contribution in [0.3, 0.4) is 0 Å². The van der Waals surface area contributed by atoms with Crippen molar-refractivity contribution in [2.75, 3.05) is 36.4 Å². The number of nitrogens with one attached hydrogen (secondary N) is 1. The van der Waals surface area contributed by atoms with E-state index in [1.54, 1.807) is 23.8 Å². The van der Waals surface area contributed by atoms with Gasteiger partial charge in [-0.3, -0.25) is 4.98 Å². The van der Waals surface area contributed by atoms with E-state index in [0.717, 1.165) is 10.6 Å². The van der Waals surface area contributed by atoms with Gasteiger partial charge in [0.15, 0.2) is 0 Å². The Morgan fingerprint density at radius 1 is 1.14 bits per heavy atom. The van der Waals surface area contributed by atoms with Gasteiger partial charge in [-0.05, 0) is 24.3 Å². The van der Waals surface area contributed by atoms with Crippen LogP contribution in [0.1, 0.15) is 0 Å². The second-order valence-corrected chi connectivity index (χ2v) is 7.08. The minimum Gasteiger partial charge on any atom is -0.465 e. The molecule has 1 fully saturated rings. The van der Waals surface area contributed by atoms with E-state index in [9.17, 15) is 9.18 Å². The fourth-order valence-corrected chi connectivity index (χ4v) is 3.47. The molecule has 1 aromatic carbocycles. The van der Waals surface area contributed by atoms with E-state index in [1.165, 1.54) is 28.4 Å². The van der Waals surface area contributed by atoms with E-state index < -0.39 is 6.09 Å². The monoisotopic (exact) mass is 400 g/mol. The molecule has 0 saturated carbocycles. The van der Waals surface area contributed by atoms with Crippen molar-refractivity contribution < 1.29 is 14.3 Å². The maximum absolute atomic E-state index is 13.2. The summed E-state index contributed by atoms with van der Waals surface area (Å²) < 4.78 is 13.2. The van der Waals surface area contributed by atoms with Crippen LogP contribution in [0, 0.1) is 5.82 Å². The third-order valence-corrected chi connectivity index (χ3v) is 5.14. The van der Waals surface area contributed by atoms with Crippen molar-refractivity contribution in [3.05, 3.63) is 47.9 Å². The third kappa shape index (κ3) is 4.01. The number of hydrogen-bond acceptors (Lipinski definition) is 7. The van der Waals surface area contributed by atoms with Gasteiger partial charge in [-0.15, -0.1) is 11.3 Å². The molecule has 144 valence electrons. The Morgan fingerprint density at radius 3 is 2.54 bits per heavy atom. The molecule has 0 radical (unpaired) electrons. The standard InChI is InChI=1S/C18H17FN6O2S/c19-12-1-3-13(4-2-12)21-16-9-14(15-10-20-11-28-15)22-17(23-16)24-5-7-25(8-6-24)18(26)27/h1-4,9-11H,5-8H2,(H,26,27)(H,21,22,23). The van der Waals surface area contributed by atoms with Gasteiger partial charge in [-0.2, -0.15) is 4.98 Å². The van der Waals surface area contributed by atoms with Crippen LogP contribution < -0.4 is 10.2 Å². The first-order valence-electron chi connectivity index (χ1n) is 8.62. The Kier molecular flexibility index (Phi) is 5.02. The van der Waals surface area contributed by atoms with Crippen molar-refractivity contribution in [3.63, 3.8) is 0 Å². The lowest BCUT2D eigenvalue weighted by Crippen LogP contribution is -2.48. The smallest absolute Gasteiger partial charge is 0.407 e. The summed E-state index contributed by atoms with van der Waals surface area (Å²) in [7, 11) is 0. The highest BCUT2D eigenvalue weighted by atomic mass is 32.1. The number of amides is 1. The highest BCUT2D eigenvalue weighted by Gasteiger charge is 2.23. The van der Waals surface area contributed by atoms with Gasteiger partial charge in [-0.25, -0.2) is 14.2 Å². The Labute approximate surface area is 164 Å². The molecule has 0 bridgehead atoms. The molecular weight excluding hydrogens is 383 g/mol. The first-order valence-corrected chi connectivity index (χ1v) is 9.50. The van der Waals surface area contributed by atoms with Gasteiger partial charge >= 0.3 is 6.09 Å². The van der Waals surface area contributed by atoms with Crippen LogP contribution in [0.5, 0.6) is 0 Å². The Hall–Kier alpha value is -3.27. The molecule has 1 amide bonds. The van der Waals surface area contributed by atoms with Crippen molar-refractivity contribution in [1.29, 1.82) is 0 Å². The van der Waals surface area contributed by atoms with Gasteiger partial charge in [-0.1, -0.05) is 0 Å². The van der Waals surface area contributed by atoms with Gasteiger partial charge in [0.1, 0.15) is 11.6 Å². The predicted octanol–water partition coefficient (Wildman–Crippen LogP) is 3.28. The molecule has 0 unspecified atom stereocenters. The molecule has 1 saturated heterocycles. The molecular formula is C18H17FN6O2S. The van der Waals surface area contributed by atoms with Gasteiger partial charge < -0.3 is 20.2 Å². The second-order valence-electron chi connectivity index (χ2n) is 6.19. The molecule has 2 aromatic heterocycles. The van der Waals surface area contributed by atoms with E-state index in [0.29, 0.717) is 43.6 Å². The molecule has 3 aromatic rings. The number of aromatic nitrogens is 3. The second kappa shape index (κ2) is 7.77. The van der Waals surface area contributed by atoms with Crippen molar-refractivity contribution in [1.82, 2.24) is 19.9 Å². The number of piperazine rings is 1. The molecule has 1 aliphatic rings. The largest absolute Gasteiger partial charge is 0.465 e. The van der Waals surface area contributed by atoms with Crippen molar-refractivity contribution in [2.24, 2.45) is 0 Å². The SMILES string of the molecule is O=C(O)N1CCN(c2nc(Nc3ccc(F)cc3)cc(-c3cncs3)n2)CC1. The summed E-state index contributed by atoms with van der Waals surface area (Å²) in [6.07, 6.45) is 0.818. The number of nitrogens with zero attached hydrogens (tertiary/aromatic N) is 5. The summed E-state index contributed by atoms with van der Waals surface area (Å²) in [6.45, 7) is 1.80. The predicted molar refractivity (Wildman–Crippen MR) is 105 cm³/mol. The van der Waals surface area contributed by atoms with E-state index >= 15 is 0 Å². The van der Waals surface area contributed by atoms with Crippen LogP contribution in [-0.4, -0.2) is 57.2 Å². The summed E-state index contributed by atoms with van der Waals surface area (Å²) in [4.78, 5) is 28.7. The number of hydrogen-bond donors (Lipinski definition) is 2. The minimum atomic E-state index is -0.919. The Bertz CT molecular complexity index is 959. The maximum atomic E-state index is 13.2. The van der Waals surface area contributed by atoms with Crippen LogP contribution >= 0.6 is 11.3 Å². The molecule has 3 heterocycles. The Balaban J connectivity index is 1.63. The summed E-state index contributed by atoms with van der Waals surface area (Å²) in [5, 5.41) is 12.3. The number of thiazole rings is 1. The van der Waals surface area contributed by atoms with Gasteiger partial charge in [0, 0.05) is 44.1 Å². The summed E-state index contributed by atoms with van der Waals surface area (Å²) in [6, 6.07) is 7.83. The molecule has 8 nitrogen and oxygen atoms in total. The number of rotatable bonds is 4. The normalized spacial score (nSPS) is 14.2. The quantitative estimate of drug-likeness (QED) is 0.694. The summed E-state index contributed by atoms with van der Waals surface area (Å²) in [5.74, 6) is 0.775. The number of halogens is 1. The average Bonchev–Trinajstić information content (AvgIpc) is 3.25. The lowest BCUT2D eigenvalue weighted by molar-refractivity contribution is 0.142. The average molecular weight is 400 g/mol. The molecule has 28 heavy (non-hydrogen) atoms. The molecule has 0 aliphatic carbocycles. The van der Waals surface area contributed by atoms with Crippen LogP contribution in [0.4, 0.5) is 26.6 Å². The van der Waals surface area contributed by atoms with Gasteiger partial charge in [0.05, 0.1) is 16.1 Å². The van der Waals surface area contributed by atoms with Crippen LogP contribution in [0.2, 0.25) is 0 Å². The number of benzene rings is 1. The molecule has 0 spiro atoms. The number of carboxylic acid groups (broad SMARTS) is 1. The molecule has 10 heteroatoms. The molecule has 0 atom stereocenters. The van der Waals surface area contributed by atoms with E-state index in [-0.39, 0.29) is 5.82 Å². The topological polar surface area (TPSA) is 94.5 Å². The highest BCUT2D eigenvalue weighted by Crippen LogP contribution is 2.27. The number of carbonyl (C=O) groups is 1. The van der Waals surface area contributed by atoms with E-state index in [4.69, 9.17) is 5.11 Å². The maximum Gasteiger partial charge on any atom is 0.407 e. The van der Waals surface area contributed by atoms with Crippen LogP contribution in [0.25, 0.3) is 10.6 Å². The Morgan fingerprint density at radius 2 is 1.89 bits per heavy atom. The first kappa shape index (κ1) is 18.1.